The zero-order valence-electron chi connectivity index (χ0n) is 69.0. The summed E-state index contributed by atoms with van der Waals surface area (Å²) in [5.74, 6) is 0. The van der Waals surface area contributed by atoms with Crippen LogP contribution in [0.4, 0.5) is 68.2 Å². The Hall–Kier alpha value is -16.6. The molecule has 0 saturated heterocycles. The van der Waals surface area contributed by atoms with Gasteiger partial charge in [-0.25, -0.2) is 0 Å². The maximum Gasteiger partial charge on any atom is 0.159 e. The van der Waals surface area contributed by atoms with E-state index >= 15 is 0 Å². The molecular formula is C116H74N4O6. The highest BCUT2D eigenvalue weighted by atomic mass is 16.4. The molecule has 0 atom stereocenters. The molecule has 10 nitrogen and oxygen atoms in total. The molecule has 0 unspecified atom stereocenters. The molecule has 594 valence electrons. The van der Waals surface area contributed by atoms with Gasteiger partial charge >= 0.3 is 0 Å². The van der Waals surface area contributed by atoms with Crippen LogP contribution in [0.3, 0.4) is 0 Å². The molecule has 6 heterocycles. The number of anilines is 12. The molecule has 0 fully saturated rings. The van der Waals surface area contributed by atoms with Crippen molar-refractivity contribution in [1.29, 1.82) is 0 Å². The van der Waals surface area contributed by atoms with E-state index in [9.17, 15) is 0 Å². The van der Waals surface area contributed by atoms with Crippen LogP contribution in [0.2, 0.25) is 0 Å². The molecule has 0 aliphatic carbocycles. The van der Waals surface area contributed by atoms with E-state index in [4.69, 9.17) is 26.5 Å². The van der Waals surface area contributed by atoms with Gasteiger partial charge in [-0.15, -0.1) is 0 Å². The Morgan fingerprint density at radius 3 is 0.873 bits per heavy atom. The van der Waals surface area contributed by atoms with Gasteiger partial charge in [-0.05, 0) is 176 Å². The van der Waals surface area contributed by atoms with Gasteiger partial charge in [-0.2, -0.15) is 0 Å². The van der Waals surface area contributed by atoms with Crippen LogP contribution in [0, 0.1) is 27.7 Å². The van der Waals surface area contributed by atoms with Crippen LogP contribution in [0.25, 0.3) is 186 Å². The van der Waals surface area contributed by atoms with Gasteiger partial charge in [0.05, 0.1) is 45.5 Å². The first-order chi connectivity index (χ1) is 62.2. The highest BCUT2D eigenvalue weighted by Gasteiger charge is 2.33. The highest BCUT2D eigenvalue weighted by Crippen LogP contribution is 2.57. The third kappa shape index (κ3) is 10.6. The van der Waals surface area contributed by atoms with Crippen LogP contribution < -0.4 is 19.6 Å². The van der Waals surface area contributed by atoms with E-state index in [1.807, 2.05) is 18.2 Å². The number of rotatable bonds is 13. The standard InChI is InChI=1S/C116H74N4O6/c1-67-28-21-32-72(60-67)117(96-50-23-44-85-79-37-13-18-54-104(79)121-113(85)96)100-63-90-93-64-101(118(73-33-22-29-68(2)61-73)97-51-24-45-86-80-38-14-19-55-105(80)122-114(86)97)78-59-58-71(62-89(78)112(93)126-111(90)82-40-10-7-34-75(82)100)74-43-27-57-107-108(74)88-47-26-53-99(116(88)124-107)120(95-49-17-6-31-70(95)4)103-66-92-91-65-102(76-35-8-11-41-83(76)109(91)125-110(92)84-42-12-9-36-77(84)103)119(94-48-16-5-30-69(94)3)98-52-25-46-87-81-39-15-20-56-106(81)123-115(87)98/h5-66H,1-4H3. The van der Waals surface area contributed by atoms with Crippen LogP contribution >= 0.6 is 0 Å². The van der Waals surface area contributed by atoms with E-state index in [0.29, 0.717) is 0 Å². The number of furan rings is 6. The van der Waals surface area contributed by atoms with Crippen molar-refractivity contribution in [2.24, 2.45) is 0 Å². The first-order valence-corrected chi connectivity index (χ1v) is 42.9. The fourth-order valence-electron chi connectivity index (χ4n) is 20.5. The summed E-state index contributed by atoms with van der Waals surface area (Å²) in [7, 11) is 0. The number of hydrogen-bond acceptors (Lipinski definition) is 10. The van der Waals surface area contributed by atoms with Crippen molar-refractivity contribution < 1.29 is 26.5 Å². The summed E-state index contributed by atoms with van der Waals surface area (Å²) < 4.78 is 43.8. The topological polar surface area (TPSA) is 91.8 Å². The molecule has 0 aliphatic rings. The van der Waals surface area contributed by atoms with E-state index < -0.39 is 0 Å². The van der Waals surface area contributed by atoms with Crippen molar-refractivity contribution in [3.8, 4) is 11.1 Å². The van der Waals surface area contributed by atoms with Crippen LogP contribution in [-0.2, 0) is 0 Å². The average Bonchev–Trinajstić information content (AvgIpc) is 1.54. The van der Waals surface area contributed by atoms with Gasteiger partial charge in [-0.1, -0.05) is 261 Å². The molecule has 0 saturated carbocycles. The Balaban J connectivity index is 0.706. The van der Waals surface area contributed by atoms with Crippen molar-refractivity contribution in [3.63, 3.8) is 0 Å². The van der Waals surface area contributed by atoms with Gasteiger partial charge in [0.1, 0.15) is 44.7 Å². The normalized spacial score (nSPS) is 12.1. The lowest BCUT2D eigenvalue weighted by Gasteiger charge is -2.29. The summed E-state index contributed by atoms with van der Waals surface area (Å²) >= 11 is 0. The molecule has 10 heteroatoms. The predicted molar refractivity (Wildman–Crippen MR) is 523 cm³/mol. The highest BCUT2D eigenvalue weighted by molar-refractivity contribution is 6.30. The summed E-state index contributed by atoms with van der Waals surface area (Å²) in [5.41, 5.74) is 27.4. The van der Waals surface area contributed by atoms with Crippen LogP contribution in [0.15, 0.2) is 403 Å². The van der Waals surface area contributed by atoms with Gasteiger partial charge in [0, 0.05) is 130 Å². The summed E-state index contributed by atoms with van der Waals surface area (Å²) in [5, 5.41) is 20.0. The van der Waals surface area contributed by atoms with Crippen LogP contribution in [0.5, 0.6) is 0 Å². The van der Waals surface area contributed by atoms with E-state index in [0.717, 1.165) is 276 Å². The fourth-order valence-corrected chi connectivity index (χ4v) is 20.5. The van der Waals surface area contributed by atoms with Crippen molar-refractivity contribution >= 4 is 243 Å². The zero-order valence-corrected chi connectivity index (χ0v) is 69.0. The first-order valence-electron chi connectivity index (χ1n) is 42.9. The van der Waals surface area contributed by atoms with Crippen LogP contribution in [-0.4, -0.2) is 0 Å². The Kier molecular flexibility index (Phi) is 15.5. The smallest absolute Gasteiger partial charge is 0.159 e. The molecule has 0 aliphatic heterocycles. The number of para-hydroxylation sites is 9. The maximum atomic E-state index is 7.76. The lowest BCUT2D eigenvalue weighted by molar-refractivity contribution is 0.668. The molecule has 126 heavy (non-hydrogen) atoms. The largest absolute Gasteiger partial charge is 0.455 e. The fraction of sp³-hybridized carbons (Fsp3) is 0.0345. The molecule has 20 aromatic carbocycles. The lowest BCUT2D eigenvalue weighted by Crippen LogP contribution is -2.12. The van der Waals surface area contributed by atoms with Gasteiger partial charge in [0.15, 0.2) is 22.3 Å². The monoisotopic (exact) mass is 1620 g/mol. The predicted octanol–water partition coefficient (Wildman–Crippen LogP) is 34.5. The second kappa shape index (κ2) is 27.5. The van der Waals surface area contributed by atoms with Crippen molar-refractivity contribution in [1.82, 2.24) is 0 Å². The second-order valence-electron chi connectivity index (χ2n) is 33.5. The van der Waals surface area contributed by atoms with Gasteiger partial charge in [0.25, 0.3) is 0 Å². The average molecular weight is 1620 g/mol. The Labute approximate surface area is 721 Å². The summed E-state index contributed by atoms with van der Waals surface area (Å²) in [6.45, 7) is 8.70. The van der Waals surface area contributed by atoms with Gasteiger partial charge in [-0.3, -0.25) is 0 Å². The van der Waals surface area contributed by atoms with E-state index in [-0.39, 0.29) is 0 Å². The molecule has 0 bridgehead atoms. The second-order valence-corrected chi connectivity index (χ2v) is 33.5. The lowest BCUT2D eigenvalue weighted by atomic mass is 9.94. The number of benzene rings is 20. The Bertz CT molecular complexity index is 9120. The van der Waals surface area contributed by atoms with Crippen molar-refractivity contribution in [2.75, 3.05) is 19.6 Å². The SMILES string of the molecule is Cc1cccc(N(c2cc3c4cc(N(c5cccc(C)c5)c5cccc6c5oc5ccccc56)c5ccc(-c6cccc7oc8c(N(c9ccccc9C)c9cc%10c%11cc(N(c%12ccccc%12C)c%12cccc%13c%12oc%12ccccc%12%13)c%12ccccc%12c%11oc%10c%10ccccc9%10)cccc8c67)cc5c4oc3c3ccccc23)c2cccc3c2oc2ccccc23)c1. The van der Waals surface area contributed by atoms with E-state index in [1.165, 1.54) is 0 Å². The van der Waals surface area contributed by atoms with Crippen LogP contribution in [0.1, 0.15) is 22.3 Å². The minimum atomic E-state index is 0.738. The number of aryl methyl sites for hydroxylation is 4. The molecule has 6 aromatic heterocycles. The Morgan fingerprint density at radius 2 is 0.452 bits per heavy atom. The third-order valence-corrected chi connectivity index (χ3v) is 26.1. The third-order valence-electron chi connectivity index (χ3n) is 26.1. The number of fused-ring (bicyclic) bond motifs is 26. The summed E-state index contributed by atoms with van der Waals surface area (Å²) in [4.78, 5) is 9.59. The molecule has 0 amide bonds. The molecule has 26 rings (SSSR count). The number of nitrogens with zero attached hydrogens (tertiary/aromatic N) is 4. The maximum absolute atomic E-state index is 7.76. The minimum Gasteiger partial charge on any atom is -0.455 e. The van der Waals surface area contributed by atoms with Crippen molar-refractivity contribution in [2.45, 2.75) is 27.7 Å². The molecule has 0 spiro atoms. The molecule has 0 N–H and O–H groups in total. The zero-order chi connectivity index (χ0) is 83.3. The summed E-state index contributed by atoms with van der Waals surface area (Å²) in [6.07, 6.45) is 0. The quantitative estimate of drug-likeness (QED) is 0.111. The van der Waals surface area contributed by atoms with Crippen molar-refractivity contribution in [3.05, 3.63) is 398 Å². The number of hydrogen-bond donors (Lipinski definition) is 0. The van der Waals surface area contributed by atoms with Gasteiger partial charge < -0.3 is 46.1 Å². The molecule has 26 aromatic rings. The van der Waals surface area contributed by atoms with Gasteiger partial charge in [0.2, 0.25) is 0 Å². The van der Waals surface area contributed by atoms with E-state index in [2.05, 4.69) is 405 Å². The minimum absolute atomic E-state index is 0.738. The summed E-state index contributed by atoms with van der Waals surface area (Å²) in [6, 6.07) is 135. The molecule has 0 radical (unpaired) electrons. The van der Waals surface area contributed by atoms with E-state index in [1.54, 1.807) is 0 Å². The first kappa shape index (κ1) is 71.2. The molecular weight excluding hydrogens is 1550 g/mol. The Morgan fingerprint density at radius 1 is 0.167 bits per heavy atom.